The molecule has 0 aliphatic carbocycles. The SMILES string of the molecule is CCOC(=O)c1ccc(C2=CCNCC2)[nH]1. The van der Waals surface area contributed by atoms with Crippen LogP contribution in [0.15, 0.2) is 18.2 Å². The zero-order chi connectivity index (χ0) is 11.4. The van der Waals surface area contributed by atoms with Crippen molar-refractivity contribution in [1.29, 1.82) is 0 Å². The summed E-state index contributed by atoms with van der Waals surface area (Å²) < 4.78 is 4.93. The van der Waals surface area contributed by atoms with Gasteiger partial charge in [0.1, 0.15) is 5.69 Å². The van der Waals surface area contributed by atoms with Crippen molar-refractivity contribution in [3.63, 3.8) is 0 Å². The van der Waals surface area contributed by atoms with Crippen molar-refractivity contribution in [2.75, 3.05) is 19.7 Å². The van der Waals surface area contributed by atoms with Gasteiger partial charge in [0.25, 0.3) is 0 Å². The predicted molar refractivity (Wildman–Crippen MR) is 62.2 cm³/mol. The molecule has 4 nitrogen and oxygen atoms in total. The zero-order valence-corrected chi connectivity index (χ0v) is 9.38. The summed E-state index contributed by atoms with van der Waals surface area (Å²) in [6.45, 7) is 4.08. The second kappa shape index (κ2) is 4.99. The summed E-state index contributed by atoms with van der Waals surface area (Å²) in [4.78, 5) is 14.6. The van der Waals surface area contributed by atoms with Crippen LogP contribution >= 0.6 is 0 Å². The Kier molecular flexibility index (Phi) is 3.41. The van der Waals surface area contributed by atoms with E-state index >= 15 is 0 Å². The number of hydrogen-bond donors (Lipinski definition) is 2. The largest absolute Gasteiger partial charge is 0.461 e. The van der Waals surface area contributed by atoms with E-state index in [4.69, 9.17) is 4.74 Å². The predicted octanol–water partition coefficient (Wildman–Crippen LogP) is 1.57. The molecule has 0 spiro atoms. The van der Waals surface area contributed by atoms with Crippen LogP contribution in [0.25, 0.3) is 5.57 Å². The fourth-order valence-corrected chi connectivity index (χ4v) is 1.78. The van der Waals surface area contributed by atoms with E-state index in [1.165, 1.54) is 5.57 Å². The van der Waals surface area contributed by atoms with Gasteiger partial charge >= 0.3 is 5.97 Å². The highest BCUT2D eigenvalue weighted by molar-refractivity contribution is 5.88. The Balaban J connectivity index is 2.12. The molecular formula is C12H16N2O2. The monoisotopic (exact) mass is 220 g/mol. The van der Waals surface area contributed by atoms with Crippen molar-refractivity contribution in [3.05, 3.63) is 29.6 Å². The second-order valence-corrected chi connectivity index (χ2v) is 3.69. The summed E-state index contributed by atoms with van der Waals surface area (Å²) in [5, 5.41) is 3.25. The summed E-state index contributed by atoms with van der Waals surface area (Å²) in [6, 6.07) is 3.71. The Bertz CT molecular complexity index is 407. The van der Waals surface area contributed by atoms with Crippen LogP contribution in [0.2, 0.25) is 0 Å². The average molecular weight is 220 g/mol. The molecule has 0 saturated carbocycles. The molecule has 1 aromatic rings. The van der Waals surface area contributed by atoms with Crippen LogP contribution in [-0.2, 0) is 4.74 Å². The molecule has 1 aliphatic heterocycles. The quantitative estimate of drug-likeness (QED) is 0.760. The Morgan fingerprint density at radius 2 is 2.38 bits per heavy atom. The fraction of sp³-hybridized carbons (Fsp3) is 0.417. The first-order valence-corrected chi connectivity index (χ1v) is 5.57. The Labute approximate surface area is 94.7 Å². The number of carbonyl (C=O) groups is 1. The lowest BCUT2D eigenvalue weighted by Gasteiger charge is -2.12. The van der Waals surface area contributed by atoms with E-state index < -0.39 is 0 Å². The summed E-state index contributed by atoms with van der Waals surface area (Å²) in [6.07, 6.45) is 3.13. The number of rotatable bonds is 3. The maximum atomic E-state index is 11.5. The molecule has 1 aromatic heterocycles. The highest BCUT2D eigenvalue weighted by Gasteiger charge is 2.12. The number of hydrogen-bond acceptors (Lipinski definition) is 3. The molecule has 2 heterocycles. The Hall–Kier alpha value is -1.55. The molecule has 4 heteroatoms. The smallest absolute Gasteiger partial charge is 0.354 e. The summed E-state index contributed by atoms with van der Waals surface area (Å²) >= 11 is 0. The highest BCUT2D eigenvalue weighted by atomic mass is 16.5. The van der Waals surface area contributed by atoms with Crippen LogP contribution in [0.5, 0.6) is 0 Å². The molecule has 0 radical (unpaired) electrons. The maximum absolute atomic E-state index is 11.5. The molecule has 0 saturated heterocycles. The summed E-state index contributed by atoms with van der Waals surface area (Å²) in [5.74, 6) is -0.289. The van der Waals surface area contributed by atoms with Crippen LogP contribution in [-0.4, -0.2) is 30.6 Å². The minimum absolute atomic E-state index is 0.289. The van der Waals surface area contributed by atoms with Gasteiger partial charge in [0.05, 0.1) is 6.61 Å². The number of aromatic nitrogens is 1. The van der Waals surface area contributed by atoms with Gasteiger partial charge in [-0.2, -0.15) is 0 Å². The average Bonchev–Trinajstić information content (AvgIpc) is 2.80. The van der Waals surface area contributed by atoms with E-state index in [1.54, 1.807) is 13.0 Å². The van der Waals surface area contributed by atoms with Gasteiger partial charge in [0.15, 0.2) is 0 Å². The molecule has 0 bridgehead atoms. The van der Waals surface area contributed by atoms with Crippen LogP contribution in [0.3, 0.4) is 0 Å². The van der Waals surface area contributed by atoms with Gasteiger partial charge in [0.2, 0.25) is 0 Å². The summed E-state index contributed by atoms with van der Waals surface area (Å²) in [5.41, 5.74) is 2.80. The first-order valence-electron chi connectivity index (χ1n) is 5.57. The second-order valence-electron chi connectivity index (χ2n) is 3.69. The van der Waals surface area contributed by atoms with Crippen molar-refractivity contribution in [3.8, 4) is 0 Å². The molecule has 0 fully saturated rings. The number of H-pyrrole nitrogens is 1. The number of esters is 1. The molecule has 0 unspecified atom stereocenters. The number of nitrogens with one attached hydrogen (secondary N) is 2. The Morgan fingerprint density at radius 3 is 3.06 bits per heavy atom. The summed E-state index contributed by atoms with van der Waals surface area (Å²) in [7, 11) is 0. The molecule has 2 rings (SSSR count). The number of ether oxygens (including phenoxy) is 1. The highest BCUT2D eigenvalue weighted by Crippen LogP contribution is 2.19. The van der Waals surface area contributed by atoms with Gasteiger partial charge in [-0.1, -0.05) is 6.08 Å². The third kappa shape index (κ3) is 2.33. The minimum atomic E-state index is -0.289. The van der Waals surface area contributed by atoms with Crippen LogP contribution < -0.4 is 5.32 Å². The molecule has 0 amide bonds. The van der Waals surface area contributed by atoms with E-state index in [-0.39, 0.29) is 5.97 Å². The normalized spacial score (nSPS) is 15.7. The lowest BCUT2D eigenvalue weighted by molar-refractivity contribution is 0.0520. The van der Waals surface area contributed by atoms with E-state index in [0.717, 1.165) is 25.2 Å². The molecule has 0 aromatic carbocycles. The van der Waals surface area contributed by atoms with Gasteiger partial charge in [0, 0.05) is 12.2 Å². The van der Waals surface area contributed by atoms with E-state index in [9.17, 15) is 4.79 Å². The van der Waals surface area contributed by atoms with E-state index in [2.05, 4.69) is 16.4 Å². The first-order chi connectivity index (χ1) is 7.81. The van der Waals surface area contributed by atoms with E-state index in [0.29, 0.717) is 12.3 Å². The van der Waals surface area contributed by atoms with Crippen LogP contribution in [0.1, 0.15) is 29.5 Å². The van der Waals surface area contributed by atoms with E-state index in [1.807, 2.05) is 6.07 Å². The molecule has 86 valence electrons. The lowest BCUT2D eigenvalue weighted by Crippen LogP contribution is -2.20. The van der Waals surface area contributed by atoms with Crippen molar-refractivity contribution in [1.82, 2.24) is 10.3 Å². The molecule has 2 N–H and O–H groups in total. The van der Waals surface area contributed by atoms with Gasteiger partial charge in [-0.25, -0.2) is 4.79 Å². The number of carbonyl (C=O) groups excluding carboxylic acids is 1. The van der Waals surface area contributed by atoms with Crippen LogP contribution in [0.4, 0.5) is 0 Å². The van der Waals surface area contributed by atoms with Crippen molar-refractivity contribution < 1.29 is 9.53 Å². The third-order valence-corrected chi connectivity index (χ3v) is 2.59. The first kappa shape index (κ1) is 11.0. The molecule has 1 aliphatic rings. The lowest BCUT2D eigenvalue weighted by atomic mass is 10.1. The topological polar surface area (TPSA) is 54.1 Å². The third-order valence-electron chi connectivity index (χ3n) is 2.59. The van der Waals surface area contributed by atoms with Gasteiger partial charge in [-0.3, -0.25) is 0 Å². The van der Waals surface area contributed by atoms with Crippen LogP contribution in [0, 0.1) is 0 Å². The van der Waals surface area contributed by atoms with Gasteiger partial charge in [-0.05, 0) is 37.6 Å². The van der Waals surface area contributed by atoms with Crippen molar-refractivity contribution in [2.45, 2.75) is 13.3 Å². The zero-order valence-electron chi connectivity index (χ0n) is 9.38. The Morgan fingerprint density at radius 1 is 1.50 bits per heavy atom. The standard InChI is InChI=1S/C12H16N2O2/c1-2-16-12(15)11-4-3-10(14-11)9-5-7-13-8-6-9/h3-5,13-14H,2,6-8H2,1H3. The maximum Gasteiger partial charge on any atom is 0.354 e. The molecule has 0 atom stereocenters. The molecular weight excluding hydrogens is 204 g/mol. The minimum Gasteiger partial charge on any atom is -0.461 e. The number of aromatic amines is 1. The molecule has 16 heavy (non-hydrogen) atoms. The van der Waals surface area contributed by atoms with Crippen molar-refractivity contribution in [2.24, 2.45) is 0 Å². The van der Waals surface area contributed by atoms with Gasteiger partial charge in [-0.15, -0.1) is 0 Å². The fourth-order valence-electron chi connectivity index (χ4n) is 1.78. The van der Waals surface area contributed by atoms with Crippen molar-refractivity contribution >= 4 is 11.5 Å². The van der Waals surface area contributed by atoms with Gasteiger partial charge < -0.3 is 15.0 Å².